The minimum Gasteiger partial charge on any atom is -0.310 e. The van der Waals surface area contributed by atoms with E-state index in [4.69, 9.17) is 34.8 Å². The fourth-order valence-corrected chi connectivity index (χ4v) is 2.16. The van der Waals surface area contributed by atoms with E-state index >= 15 is 0 Å². The van der Waals surface area contributed by atoms with Crippen molar-refractivity contribution in [1.82, 2.24) is 4.98 Å². The van der Waals surface area contributed by atoms with Crippen molar-refractivity contribution in [3.8, 4) is 0 Å². The van der Waals surface area contributed by atoms with Gasteiger partial charge in [0.1, 0.15) is 5.15 Å². The van der Waals surface area contributed by atoms with Crippen molar-refractivity contribution in [2.24, 2.45) is 5.92 Å². The average Bonchev–Trinajstić information content (AvgIpc) is 2.64. The summed E-state index contributed by atoms with van der Waals surface area (Å²) < 4.78 is 0. The number of amides is 1. The molecule has 0 N–H and O–H groups in total. The van der Waals surface area contributed by atoms with Crippen molar-refractivity contribution in [3.05, 3.63) is 22.4 Å². The number of carbonyl (C=O) groups excluding carboxylic acids is 1. The normalized spacial score (nSPS) is 20.6. The number of hydrogen-bond donors (Lipinski definition) is 0. The van der Waals surface area contributed by atoms with Crippen LogP contribution in [0.3, 0.4) is 0 Å². The second kappa shape index (κ2) is 4.78. The highest BCUT2D eigenvalue weighted by Gasteiger charge is 2.30. The van der Waals surface area contributed by atoms with Gasteiger partial charge in [-0.2, -0.15) is 0 Å². The van der Waals surface area contributed by atoms with Crippen LogP contribution in [0.5, 0.6) is 0 Å². The quantitative estimate of drug-likeness (QED) is 0.616. The van der Waals surface area contributed by atoms with Crippen LogP contribution in [0.15, 0.2) is 12.3 Å². The summed E-state index contributed by atoms with van der Waals surface area (Å²) in [6.07, 6.45) is 2.02. The lowest BCUT2D eigenvalue weighted by Crippen LogP contribution is -2.24. The molecule has 1 aliphatic heterocycles. The van der Waals surface area contributed by atoms with Crippen LogP contribution in [0.1, 0.15) is 6.42 Å². The maximum atomic E-state index is 11.7. The predicted octanol–water partition coefficient (Wildman–Crippen LogP) is 2.98. The largest absolute Gasteiger partial charge is 0.310 e. The molecule has 1 aromatic heterocycles. The van der Waals surface area contributed by atoms with Crippen molar-refractivity contribution in [1.29, 1.82) is 0 Å². The Bertz CT molecular complexity index is 425. The summed E-state index contributed by atoms with van der Waals surface area (Å²) in [5.41, 5.74) is 0.673. The van der Waals surface area contributed by atoms with Gasteiger partial charge in [-0.15, -0.1) is 11.6 Å². The lowest BCUT2D eigenvalue weighted by molar-refractivity contribution is -0.117. The summed E-state index contributed by atoms with van der Waals surface area (Å²) in [5, 5.41) is 0.590. The monoisotopic (exact) mass is 278 g/mol. The molecule has 0 saturated carbocycles. The predicted molar refractivity (Wildman–Crippen MR) is 65.4 cm³/mol. The molecule has 1 aromatic rings. The first-order valence-corrected chi connectivity index (χ1v) is 6.08. The summed E-state index contributed by atoms with van der Waals surface area (Å²) in [6, 6.07) is 1.64. The Morgan fingerprint density at radius 1 is 1.50 bits per heavy atom. The molecule has 1 atom stereocenters. The highest BCUT2D eigenvalue weighted by molar-refractivity contribution is 6.41. The number of anilines is 1. The zero-order valence-corrected chi connectivity index (χ0v) is 10.6. The van der Waals surface area contributed by atoms with Gasteiger partial charge >= 0.3 is 0 Å². The van der Waals surface area contributed by atoms with E-state index in [0.29, 0.717) is 29.6 Å². The summed E-state index contributed by atoms with van der Waals surface area (Å²) in [4.78, 5) is 17.3. The zero-order chi connectivity index (χ0) is 11.7. The van der Waals surface area contributed by atoms with E-state index in [1.165, 1.54) is 0 Å². The van der Waals surface area contributed by atoms with E-state index in [1.54, 1.807) is 17.2 Å². The Labute approximate surface area is 108 Å². The molecule has 0 spiro atoms. The maximum Gasteiger partial charge on any atom is 0.227 e. The second-order valence-corrected chi connectivity index (χ2v) is 4.77. The van der Waals surface area contributed by atoms with Crippen LogP contribution < -0.4 is 4.90 Å². The highest BCUT2D eigenvalue weighted by atomic mass is 35.5. The van der Waals surface area contributed by atoms with Crippen molar-refractivity contribution >= 4 is 46.4 Å². The molecule has 86 valence electrons. The van der Waals surface area contributed by atoms with Crippen LogP contribution >= 0.6 is 34.8 Å². The van der Waals surface area contributed by atoms with Gasteiger partial charge in [-0.1, -0.05) is 23.2 Å². The van der Waals surface area contributed by atoms with Crippen LogP contribution in [0.25, 0.3) is 0 Å². The van der Waals surface area contributed by atoms with Crippen LogP contribution in [0.4, 0.5) is 5.69 Å². The summed E-state index contributed by atoms with van der Waals surface area (Å²) in [7, 11) is 0. The number of pyridine rings is 1. The van der Waals surface area contributed by atoms with Crippen molar-refractivity contribution in [3.63, 3.8) is 0 Å². The Balaban J connectivity index is 2.24. The highest BCUT2D eigenvalue weighted by Crippen LogP contribution is 2.29. The second-order valence-electron chi connectivity index (χ2n) is 3.69. The molecule has 1 aliphatic rings. The first kappa shape index (κ1) is 12.0. The summed E-state index contributed by atoms with van der Waals surface area (Å²) in [6.45, 7) is 0.613. The van der Waals surface area contributed by atoms with Gasteiger partial charge in [-0.3, -0.25) is 4.79 Å². The number of hydrogen-bond acceptors (Lipinski definition) is 2. The van der Waals surface area contributed by atoms with Gasteiger partial charge in [0.05, 0.1) is 16.9 Å². The molecule has 3 nitrogen and oxygen atoms in total. The van der Waals surface area contributed by atoms with E-state index in [0.717, 1.165) is 0 Å². The molecule has 0 radical (unpaired) electrons. The molecule has 0 aliphatic carbocycles. The molecule has 1 fully saturated rings. The number of halogens is 3. The number of rotatable bonds is 2. The molecular weight excluding hydrogens is 270 g/mol. The van der Waals surface area contributed by atoms with E-state index in [9.17, 15) is 4.79 Å². The molecule has 1 unspecified atom stereocenters. The maximum absolute atomic E-state index is 11.7. The third-order valence-electron chi connectivity index (χ3n) is 2.52. The van der Waals surface area contributed by atoms with E-state index in [1.807, 2.05) is 0 Å². The first-order chi connectivity index (χ1) is 7.61. The molecule has 0 aromatic carbocycles. The van der Waals surface area contributed by atoms with Gasteiger partial charge in [0.15, 0.2) is 0 Å². The number of aromatic nitrogens is 1. The minimum atomic E-state index is 0.0471. The van der Waals surface area contributed by atoms with Gasteiger partial charge in [0.2, 0.25) is 5.91 Å². The first-order valence-electron chi connectivity index (χ1n) is 4.79. The number of carbonyl (C=O) groups is 1. The van der Waals surface area contributed by atoms with Crippen molar-refractivity contribution < 1.29 is 4.79 Å². The van der Waals surface area contributed by atoms with Gasteiger partial charge in [-0.25, -0.2) is 4.98 Å². The lowest BCUT2D eigenvalue weighted by Gasteiger charge is -2.16. The Morgan fingerprint density at radius 3 is 2.81 bits per heavy atom. The molecule has 1 saturated heterocycles. The Kier molecular flexibility index (Phi) is 3.57. The number of nitrogens with zero attached hydrogens (tertiary/aromatic N) is 2. The third-order valence-corrected chi connectivity index (χ3v) is 3.64. The zero-order valence-electron chi connectivity index (χ0n) is 8.29. The fraction of sp³-hybridized carbons (Fsp3) is 0.400. The van der Waals surface area contributed by atoms with Gasteiger partial charge in [0.25, 0.3) is 0 Å². The smallest absolute Gasteiger partial charge is 0.227 e. The standard InChI is InChI=1S/C10H9Cl3N2O/c11-3-6-1-9(16)15(5-6)7-2-8(12)10(13)14-4-7/h2,4,6H,1,3,5H2. The summed E-state index contributed by atoms with van der Waals surface area (Å²) >= 11 is 17.3. The molecular formula is C10H9Cl3N2O. The number of alkyl halides is 1. The molecule has 6 heteroatoms. The molecule has 1 amide bonds. The fourth-order valence-electron chi connectivity index (χ4n) is 1.69. The van der Waals surface area contributed by atoms with E-state index < -0.39 is 0 Å². The van der Waals surface area contributed by atoms with Gasteiger partial charge in [0, 0.05) is 18.8 Å². The van der Waals surface area contributed by atoms with Crippen LogP contribution in [0.2, 0.25) is 10.2 Å². The average molecular weight is 280 g/mol. The molecule has 0 bridgehead atoms. The van der Waals surface area contributed by atoms with Crippen LogP contribution in [-0.2, 0) is 4.79 Å². The Morgan fingerprint density at radius 2 is 2.25 bits per heavy atom. The summed E-state index contributed by atoms with van der Waals surface area (Å²) in [5.74, 6) is 0.728. The third kappa shape index (κ3) is 2.26. The van der Waals surface area contributed by atoms with Crippen LogP contribution in [-0.4, -0.2) is 23.3 Å². The molecule has 2 rings (SSSR count). The SMILES string of the molecule is O=C1CC(CCl)CN1c1cnc(Cl)c(Cl)c1. The topological polar surface area (TPSA) is 33.2 Å². The van der Waals surface area contributed by atoms with Gasteiger partial charge < -0.3 is 4.90 Å². The molecule has 2 heterocycles. The lowest BCUT2D eigenvalue weighted by atomic mass is 10.1. The van der Waals surface area contributed by atoms with Crippen molar-refractivity contribution in [2.75, 3.05) is 17.3 Å². The Hall–Kier alpha value is -0.510. The van der Waals surface area contributed by atoms with E-state index in [-0.39, 0.29) is 17.0 Å². The van der Waals surface area contributed by atoms with Crippen molar-refractivity contribution in [2.45, 2.75) is 6.42 Å². The van der Waals surface area contributed by atoms with Crippen LogP contribution in [0, 0.1) is 5.92 Å². The van der Waals surface area contributed by atoms with E-state index in [2.05, 4.69) is 4.98 Å². The molecule has 16 heavy (non-hydrogen) atoms. The van der Waals surface area contributed by atoms with Gasteiger partial charge in [-0.05, 0) is 12.0 Å². The minimum absolute atomic E-state index is 0.0471.